The third-order valence-corrected chi connectivity index (χ3v) is 3.32. The first kappa shape index (κ1) is 12.7. The van der Waals surface area contributed by atoms with Gasteiger partial charge in [-0.15, -0.1) is 0 Å². The summed E-state index contributed by atoms with van der Waals surface area (Å²) in [6.07, 6.45) is 3.07. The Morgan fingerprint density at radius 3 is 2.80 bits per heavy atom. The van der Waals surface area contributed by atoms with Gasteiger partial charge in [0.15, 0.2) is 0 Å². The molecule has 0 spiro atoms. The van der Waals surface area contributed by atoms with Crippen molar-refractivity contribution < 1.29 is 4.39 Å². The van der Waals surface area contributed by atoms with Crippen LogP contribution in [0.3, 0.4) is 0 Å². The molecule has 0 aliphatic rings. The number of benzene rings is 1. The molecule has 0 aliphatic heterocycles. The van der Waals surface area contributed by atoms with E-state index in [1.54, 1.807) is 12.1 Å². The number of nitrogens with two attached hydrogens (primary N) is 1. The fourth-order valence-electron chi connectivity index (χ4n) is 1.72. The third kappa shape index (κ3) is 3.92. The van der Waals surface area contributed by atoms with Crippen LogP contribution >= 0.6 is 15.9 Å². The number of hydrogen-bond acceptors (Lipinski definition) is 1. The molecule has 0 aliphatic carbocycles. The summed E-state index contributed by atoms with van der Waals surface area (Å²) in [5.74, 6) is 0.272. The quantitative estimate of drug-likeness (QED) is 0.873. The van der Waals surface area contributed by atoms with Gasteiger partial charge in [-0.2, -0.15) is 0 Å². The van der Waals surface area contributed by atoms with Crippen molar-refractivity contribution in [2.24, 2.45) is 11.7 Å². The van der Waals surface area contributed by atoms with E-state index in [1.165, 1.54) is 6.07 Å². The van der Waals surface area contributed by atoms with Gasteiger partial charge in [-0.25, -0.2) is 4.39 Å². The van der Waals surface area contributed by atoms with E-state index in [0.29, 0.717) is 12.5 Å². The highest BCUT2D eigenvalue weighted by Gasteiger charge is 2.09. The highest BCUT2D eigenvalue weighted by molar-refractivity contribution is 9.10. The van der Waals surface area contributed by atoms with Gasteiger partial charge in [-0.05, 0) is 49.1 Å². The Kier molecular flexibility index (Phi) is 5.26. The SMILES string of the molecule is CCCC(CN)Cc1cc(F)ccc1Br. The summed E-state index contributed by atoms with van der Waals surface area (Å²) in [6.45, 7) is 2.81. The highest BCUT2D eigenvalue weighted by Crippen LogP contribution is 2.22. The molecule has 1 nitrogen and oxygen atoms in total. The monoisotopic (exact) mass is 273 g/mol. The van der Waals surface area contributed by atoms with Crippen molar-refractivity contribution in [3.05, 3.63) is 34.1 Å². The number of hydrogen-bond donors (Lipinski definition) is 1. The van der Waals surface area contributed by atoms with Gasteiger partial charge in [0.1, 0.15) is 5.82 Å². The zero-order chi connectivity index (χ0) is 11.3. The van der Waals surface area contributed by atoms with Crippen LogP contribution in [0.4, 0.5) is 4.39 Å². The Morgan fingerprint density at radius 1 is 1.47 bits per heavy atom. The smallest absolute Gasteiger partial charge is 0.123 e. The minimum atomic E-state index is -0.180. The van der Waals surface area contributed by atoms with Gasteiger partial charge in [0.2, 0.25) is 0 Å². The van der Waals surface area contributed by atoms with Crippen LogP contribution in [-0.2, 0) is 6.42 Å². The van der Waals surface area contributed by atoms with Gasteiger partial charge in [0.25, 0.3) is 0 Å². The van der Waals surface area contributed by atoms with Crippen molar-refractivity contribution in [1.29, 1.82) is 0 Å². The summed E-state index contributed by atoms with van der Waals surface area (Å²) in [5.41, 5.74) is 6.70. The fourth-order valence-corrected chi connectivity index (χ4v) is 2.13. The normalized spacial score (nSPS) is 12.8. The fraction of sp³-hybridized carbons (Fsp3) is 0.500. The summed E-state index contributed by atoms with van der Waals surface area (Å²) < 4.78 is 14.0. The first-order valence-electron chi connectivity index (χ1n) is 5.31. The van der Waals surface area contributed by atoms with Gasteiger partial charge >= 0.3 is 0 Å². The molecule has 2 N–H and O–H groups in total. The van der Waals surface area contributed by atoms with Crippen molar-refractivity contribution in [1.82, 2.24) is 0 Å². The number of halogens is 2. The molecular formula is C12H17BrFN. The van der Waals surface area contributed by atoms with Gasteiger partial charge in [0, 0.05) is 4.47 Å². The van der Waals surface area contributed by atoms with Crippen LogP contribution < -0.4 is 5.73 Å². The van der Waals surface area contributed by atoms with E-state index < -0.39 is 0 Å². The molecule has 1 aromatic carbocycles. The van der Waals surface area contributed by atoms with Crippen LogP contribution in [0, 0.1) is 11.7 Å². The molecule has 1 atom stereocenters. The van der Waals surface area contributed by atoms with E-state index in [4.69, 9.17) is 5.73 Å². The first-order valence-corrected chi connectivity index (χ1v) is 6.10. The predicted octanol–water partition coefficient (Wildman–Crippen LogP) is 3.51. The van der Waals surface area contributed by atoms with Crippen molar-refractivity contribution >= 4 is 15.9 Å². The summed E-state index contributed by atoms with van der Waals surface area (Å²) in [4.78, 5) is 0. The van der Waals surface area contributed by atoms with E-state index in [-0.39, 0.29) is 5.82 Å². The Morgan fingerprint density at radius 2 is 2.20 bits per heavy atom. The van der Waals surface area contributed by atoms with E-state index in [2.05, 4.69) is 22.9 Å². The van der Waals surface area contributed by atoms with Crippen molar-refractivity contribution in [2.75, 3.05) is 6.54 Å². The molecule has 0 saturated carbocycles. The minimum Gasteiger partial charge on any atom is -0.330 e. The maximum absolute atomic E-state index is 13.0. The minimum absolute atomic E-state index is 0.180. The summed E-state index contributed by atoms with van der Waals surface area (Å²) >= 11 is 3.43. The van der Waals surface area contributed by atoms with E-state index in [9.17, 15) is 4.39 Å². The predicted molar refractivity (Wildman–Crippen MR) is 65.3 cm³/mol. The molecule has 0 amide bonds. The van der Waals surface area contributed by atoms with Crippen molar-refractivity contribution in [2.45, 2.75) is 26.2 Å². The molecule has 0 fully saturated rings. The topological polar surface area (TPSA) is 26.0 Å². The van der Waals surface area contributed by atoms with Crippen LogP contribution in [0.15, 0.2) is 22.7 Å². The first-order chi connectivity index (χ1) is 7.17. The van der Waals surface area contributed by atoms with E-state index in [1.807, 2.05) is 0 Å². The van der Waals surface area contributed by atoms with Crippen LogP contribution in [0.1, 0.15) is 25.3 Å². The zero-order valence-corrected chi connectivity index (χ0v) is 10.6. The number of rotatable bonds is 5. The maximum atomic E-state index is 13.0. The highest BCUT2D eigenvalue weighted by atomic mass is 79.9. The van der Waals surface area contributed by atoms with Crippen molar-refractivity contribution in [3.8, 4) is 0 Å². The van der Waals surface area contributed by atoms with Gasteiger partial charge < -0.3 is 5.73 Å². The molecule has 0 aromatic heterocycles. The lowest BCUT2D eigenvalue weighted by Gasteiger charge is -2.14. The molecule has 3 heteroatoms. The maximum Gasteiger partial charge on any atom is 0.123 e. The Hall–Kier alpha value is -0.410. The summed E-state index contributed by atoms with van der Waals surface area (Å²) in [5, 5.41) is 0. The van der Waals surface area contributed by atoms with Crippen LogP contribution in [0.25, 0.3) is 0 Å². The molecular weight excluding hydrogens is 257 g/mol. The lowest BCUT2D eigenvalue weighted by atomic mass is 9.95. The van der Waals surface area contributed by atoms with E-state index >= 15 is 0 Å². The second kappa shape index (κ2) is 6.23. The molecule has 15 heavy (non-hydrogen) atoms. The second-order valence-electron chi connectivity index (χ2n) is 3.83. The zero-order valence-electron chi connectivity index (χ0n) is 8.97. The Bertz CT molecular complexity index is 314. The van der Waals surface area contributed by atoms with Crippen LogP contribution in [0.5, 0.6) is 0 Å². The lowest BCUT2D eigenvalue weighted by Crippen LogP contribution is -2.16. The van der Waals surface area contributed by atoms with Crippen LogP contribution in [0.2, 0.25) is 0 Å². The van der Waals surface area contributed by atoms with Gasteiger partial charge in [0.05, 0.1) is 0 Å². The second-order valence-corrected chi connectivity index (χ2v) is 4.68. The average Bonchev–Trinajstić information content (AvgIpc) is 2.22. The van der Waals surface area contributed by atoms with Crippen molar-refractivity contribution in [3.63, 3.8) is 0 Å². The molecule has 84 valence electrons. The Labute approximate surface area is 99.0 Å². The van der Waals surface area contributed by atoms with Crippen LogP contribution in [-0.4, -0.2) is 6.54 Å². The lowest BCUT2D eigenvalue weighted by molar-refractivity contribution is 0.485. The van der Waals surface area contributed by atoms with E-state index in [0.717, 1.165) is 29.3 Å². The third-order valence-electron chi connectivity index (χ3n) is 2.55. The van der Waals surface area contributed by atoms with Gasteiger partial charge in [-0.1, -0.05) is 29.3 Å². The molecule has 1 rings (SSSR count). The molecule has 0 radical (unpaired) electrons. The molecule has 0 saturated heterocycles. The molecule has 1 unspecified atom stereocenters. The summed E-state index contributed by atoms with van der Waals surface area (Å²) in [7, 11) is 0. The van der Waals surface area contributed by atoms with Gasteiger partial charge in [-0.3, -0.25) is 0 Å². The summed E-state index contributed by atoms with van der Waals surface area (Å²) in [6, 6.07) is 4.80. The standard InChI is InChI=1S/C12H17BrFN/c1-2-3-9(8-15)6-10-7-11(14)4-5-12(10)13/h4-5,7,9H,2-3,6,8,15H2,1H3. The Balaban J connectivity index is 2.73. The molecule has 1 aromatic rings. The largest absolute Gasteiger partial charge is 0.330 e. The average molecular weight is 274 g/mol. The molecule has 0 heterocycles. The molecule has 0 bridgehead atoms.